The van der Waals surface area contributed by atoms with E-state index in [4.69, 9.17) is 0 Å². The summed E-state index contributed by atoms with van der Waals surface area (Å²) in [4.78, 5) is 42.6. The summed E-state index contributed by atoms with van der Waals surface area (Å²) in [5.74, 6) is -0.338. The molecule has 1 aromatic heterocycles. The van der Waals surface area contributed by atoms with Crippen LogP contribution in [0.1, 0.15) is 56.2 Å². The van der Waals surface area contributed by atoms with E-state index in [1.54, 1.807) is 0 Å². The number of urea groups is 1. The van der Waals surface area contributed by atoms with Crippen LogP contribution in [0.4, 0.5) is 10.5 Å². The highest BCUT2D eigenvalue weighted by atomic mass is 16.2. The third kappa shape index (κ3) is 4.49. The topological polar surface area (TPSA) is 94.3 Å². The number of amides is 4. The van der Waals surface area contributed by atoms with Gasteiger partial charge in [0.05, 0.1) is 0 Å². The van der Waals surface area contributed by atoms with Crippen LogP contribution in [0.15, 0.2) is 48.7 Å². The van der Waals surface area contributed by atoms with E-state index >= 15 is 0 Å². The van der Waals surface area contributed by atoms with Gasteiger partial charge in [0.15, 0.2) is 0 Å². The standard InChI is InChI=1S/C26H30N4O3/c1-15(2)18-9-7-10-19(16(3)4)24(18)29-23(31)14-30-25(32)22(28-26(30)33)12-17-13-27-21-11-6-5-8-20(17)21/h5-11,13,15-16,22,27H,12,14H2,1-4H3,(H,28,33)(H,29,31). The number of H-pyrrole nitrogens is 1. The SMILES string of the molecule is CC(C)c1cccc(C(C)C)c1NC(=O)CN1C(=O)NC(Cc2c[nH]c3ccccc23)C1=O. The molecule has 4 amide bonds. The van der Waals surface area contributed by atoms with Crippen LogP contribution in [-0.2, 0) is 16.0 Å². The number of hydrogen-bond donors (Lipinski definition) is 3. The number of carbonyl (C=O) groups excluding carboxylic acids is 3. The molecule has 3 N–H and O–H groups in total. The number of nitrogens with one attached hydrogen (secondary N) is 3. The molecule has 1 atom stereocenters. The monoisotopic (exact) mass is 446 g/mol. The number of rotatable bonds is 7. The summed E-state index contributed by atoms with van der Waals surface area (Å²) in [5.41, 5.74) is 4.76. The third-order valence-electron chi connectivity index (χ3n) is 6.15. The minimum absolute atomic E-state index is 0.219. The second kappa shape index (κ2) is 9.10. The van der Waals surface area contributed by atoms with Crippen LogP contribution in [0, 0.1) is 0 Å². The Kier molecular flexibility index (Phi) is 6.22. The second-order valence-electron chi connectivity index (χ2n) is 9.16. The van der Waals surface area contributed by atoms with Gasteiger partial charge in [-0.2, -0.15) is 0 Å². The van der Waals surface area contributed by atoms with Crippen molar-refractivity contribution in [2.75, 3.05) is 11.9 Å². The lowest BCUT2D eigenvalue weighted by Gasteiger charge is -2.21. The number of carbonyl (C=O) groups is 3. The minimum atomic E-state index is -0.696. The summed E-state index contributed by atoms with van der Waals surface area (Å²) in [6.07, 6.45) is 2.22. The minimum Gasteiger partial charge on any atom is -0.361 e. The first-order valence-electron chi connectivity index (χ1n) is 11.4. The molecule has 7 heteroatoms. The quantitative estimate of drug-likeness (QED) is 0.466. The Hall–Kier alpha value is -3.61. The van der Waals surface area contributed by atoms with Gasteiger partial charge < -0.3 is 15.6 Å². The Labute approximate surface area is 193 Å². The van der Waals surface area contributed by atoms with Crippen molar-refractivity contribution in [2.45, 2.75) is 52.0 Å². The number of benzene rings is 2. The van der Waals surface area contributed by atoms with E-state index in [1.165, 1.54) is 0 Å². The predicted molar refractivity (Wildman–Crippen MR) is 129 cm³/mol. The lowest BCUT2D eigenvalue weighted by atomic mass is 9.92. The molecule has 33 heavy (non-hydrogen) atoms. The van der Waals surface area contributed by atoms with Crippen molar-refractivity contribution >= 4 is 34.4 Å². The van der Waals surface area contributed by atoms with Crippen LogP contribution in [0.2, 0.25) is 0 Å². The largest absolute Gasteiger partial charge is 0.361 e. The van der Waals surface area contributed by atoms with Crippen LogP contribution >= 0.6 is 0 Å². The van der Waals surface area contributed by atoms with E-state index in [0.29, 0.717) is 6.42 Å². The van der Waals surface area contributed by atoms with Crippen molar-refractivity contribution in [3.63, 3.8) is 0 Å². The Morgan fingerprint density at radius 2 is 1.67 bits per heavy atom. The van der Waals surface area contributed by atoms with Gasteiger partial charge in [0.25, 0.3) is 5.91 Å². The van der Waals surface area contributed by atoms with Gasteiger partial charge in [-0.25, -0.2) is 4.79 Å². The number of hydrogen-bond acceptors (Lipinski definition) is 3. The molecule has 0 bridgehead atoms. The van der Waals surface area contributed by atoms with Crippen molar-refractivity contribution in [1.29, 1.82) is 0 Å². The second-order valence-corrected chi connectivity index (χ2v) is 9.16. The van der Waals surface area contributed by atoms with Gasteiger partial charge in [-0.15, -0.1) is 0 Å². The van der Waals surface area contributed by atoms with Crippen LogP contribution in [0.3, 0.4) is 0 Å². The predicted octanol–water partition coefficient (Wildman–Crippen LogP) is 4.52. The Morgan fingerprint density at radius 3 is 2.33 bits per heavy atom. The molecule has 1 unspecified atom stereocenters. The summed E-state index contributed by atoms with van der Waals surface area (Å²) < 4.78 is 0. The van der Waals surface area contributed by atoms with Crippen molar-refractivity contribution < 1.29 is 14.4 Å². The molecule has 2 aromatic carbocycles. The fourth-order valence-corrected chi connectivity index (χ4v) is 4.40. The zero-order chi connectivity index (χ0) is 23.7. The molecule has 1 fully saturated rings. The molecule has 1 aliphatic rings. The summed E-state index contributed by atoms with van der Waals surface area (Å²) in [7, 11) is 0. The molecule has 0 spiro atoms. The number of nitrogens with zero attached hydrogens (tertiary/aromatic N) is 1. The maximum atomic E-state index is 13.0. The first-order chi connectivity index (χ1) is 15.8. The molecule has 0 aliphatic carbocycles. The number of imide groups is 1. The fraction of sp³-hybridized carbons (Fsp3) is 0.346. The summed E-state index contributed by atoms with van der Waals surface area (Å²) in [6.45, 7) is 7.96. The number of fused-ring (bicyclic) bond motifs is 1. The van der Waals surface area contributed by atoms with Crippen LogP contribution in [0.5, 0.6) is 0 Å². The van der Waals surface area contributed by atoms with Crippen molar-refractivity contribution in [1.82, 2.24) is 15.2 Å². The molecule has 0 radical (unpaired) electrons. The number of aromatic amines is 1. The molecular weight excluding hydrogens is 416 g/mol. The molecule has 1 aliphatic heterocycles. The molecule has 172 valence electrons. The van der Waals surface area contributed by atoms with Crippen molar-refractivity contribution in [3.8, 4) is 0 Å². The molecule has 0 saturated carbocycles. The highest BCUT2D eigenvalue weighted by molar-refractivity contribution is 6.08. The van der Waals surface area contributed by atoms with E-state index < -0.39 is 12.1 Å². The zero-order valence-corrected chi connectivity index (χ0v) is 19.4. The first-order valence-corrected chi connectivity index (χ1v) is 11.4. The van der Waals surface area contributed by atoms with Gasteiger partial charge in [-0.3, -0.25) is 14.5 Å². The number of para-hydroxylation sites is 2. The Bertz CT molecular complexity index is 1180. The molecule has 2 heterocycles. The van der Waals surface area contributed by atoms with Crippen molar-refractivity contribution in [2.24, 2.45) is 0 Å². The molecule has 1 saturated heterocycles. The lowest BCUT2D eigenvalue weighted by Crippen LogP contribution is -2.39. The number of aromatic nitrogens is 1. The van der Waals surface area contributed by atoms with E-state index in [0.717, 1.165) is 38.2 Å². The van der Waals surface area contributed by atoms with E-state index in [1.807, 2.05) is 48.7 Å². The van der Waals surface area contributed by atoms with Gasteiger partial charge in [0, 0.05) is 29.2 Å². The van der Waals surface area contributed by atoms with E-state index in [2.05, 4.69) is 43.3 Å². The molecule has 4 rings (SSSR count). The van der Waals surface area contributed by atoms with Gasteiger partial charge in [0.2, 0.25) is 5.91 Å². The zero-order valence-electron chi connectivity index (χ0n) is 19.4. The normalized spacial score (nSPS) is 16.2. The third-order valence-corrected chi connectivity index (χ3v) is 6.15. The van der Waals surface area contributed by atoms with Gasteiger partial charge in [-0.05, 0) is 34.6 Å². The fourth-order valence-electron chi connectivity index (χ4n) is 4.40. The van der Waals surface area contributed by atoms with Gasteiger partial charge in [-0.1, -0.05) is 64.1 Å². The smallest absolute Gasteiger partial charge is 0.325 e. The molecular formula is C26H30N4O3. The van der Waals surface area contributed by atoms with Gasteiger partial charge >= 0.3 is 6.03 Å². The van der Waals surface area contributed by atoms with Crippen LogP contribution in [-0.4, -0.2) is 40.3 Å². The maximum absolute atomic E-state index is 13.0. The highest BCUT2D eigenvalue weighted by Crippen LogP contribution is 2.32. The summed E-state index contributed by atoms with van der Waals surface area (Å²) in [5, 5.41) is 6.72. The van der Waals surface area contributed by atoms with Crippen LogP contribution in [0.25, 0.3) is 10.9 Å². The average molecular weight is 447 g/mol. The summed E-state index contributed by atoms with van der Waals surface area (Å²) >= 11 is 0. The Morgan fingerprint density at radius 1 is 1.00 bits per heavy atom. The molecule has 3 aromatic rings. The van der Waals surface area contributed by atoms with Crippen LogP contribution < -0.4 is 10.6 Å². The summed E-state index contributed by atoms with van der Waals surface area (Å²) in [6, 6.07) is 12.6. The first kappa shape index (κ1) is 22.6. The van der Waals surface area contributed by atoms with E-state index in [-0.39, 0.29) is 30.2 Å². The lowest BCUT2D eigenvalue weighted by molar-refractivity contribution is -0.130. The van der Waals surface area contributed by atoms with Gasteiger partial charge in [0.1, 0.15) is 12.6 Å². The highest BCUT2D eigenvalue weighted by Gasteiger charge is 2.39. The maximum Gasteiger partial charge on any atom is 0.325 e. The van der Waals surface area contributed by atoms with E-state index in [9.17, 15) is 14.4 Å². The van der Waals surface area contributed by atoms with Crippen molar-refractivity contribution in [3.05, 3.63) is 65.4 Å². The Balaban J connectivity index is 1.48. The number of anilines is 1. The molecule has 7 nitrogen and oxygen atoms in total. The average Bonchev–Trinajstić information content (AvgIpc) is 3.30.